The van der Waals surface area contributed by atoms with Crippen LogP contribution in [0.2, 0.25) is 0 Å². The Morgan fingerprint density at radius 2 is 1.80 bits per heavy atom. The van der Waals surface area contributed by atoms with E-state index in [1.807, 2.05) is 13.8 Å². The second kappa shape index (κ2) is 7.56. The standard InChI is InChI=1S/C11H26O3P/c1-5-7-8-11(6-2)9-15(12,13)14-10(3)4/h10-13H,5-9H2,1-4H3/q+1. The number of rotatable bonds is 8. The Kier molecular flexibility index (Phi) is 7.72. The maximum atomic E-state index is 9.73. The van der Waals surface area contributed by atoms with Crippen molar-refractivity contribution in [2.24, 2.45) is 5.92 Å². The van der Waals surface area contributed by atoms with Crippen molar-refractivity contribution in [2.45, 2.75) is 59.5 Å². The van der Waals surface area contributed by atoms with E-state index in [2.05, 4.69) is 13.8 Å². The van der Waals surface area contributed by atoms with E-state index >= 15 is 0 Å². The quantitative estimate of drug-likeness (QED) is 0.636. The highest BCUT2D eigenvalue weighted by Gasteiger charge is 2.39. The molecule has 0 heterocycles. The van der Waals surface area contributed by atoms with E-state index in [-0.39, 0.29) is 6.10 Å². The van der Waals surface area contributed by atoms with Crippen molar-refractivity contribution >= 4 is 7.94 Å². The third-order valence-electron chi connectivity index (χ3n) is 2.42. The zero-order valence-corrected chi connectivity index (χ0v) is 11.3. The Balaban J connectivity index is 4.02. The van der Waals surface area contributed by atoms with Crippen LogP contribution in [0.5, 0.6) is 0 Å². The lowest BCUT2D eigenvalue weighted by molar-refractivity contribution is 0.175. The van der Waals surface area contributed by atoms with Gasteiger partial charge in [0.25, 0.3) is 0 Å². The summed E-state index contributed by atoms with van der Waals surface area (Å²) in [5, 5.41) is 0. The summed E-state index contributed by atoms with van der Waals surface area (Å²) in [5.74, 6) is 0.382. The van der Waals surface area contributed by atoms with Crippen LogP contribution in [-0.2, 0) is 4.52 Å². The topological polar surface area (TPSA) is 49.7 Å². The van der Waals surface area contributed by atoms with Crippen molar-refractivity contribution in [3.63, 3.8) is 0 Å². The minimum Gasteiger partial charge on any atom is -0.193 e. The lowest BCUT2D eigenvalue weighted by Crippen LogP contribution is -2.14. The van der Waals surface area contributed by atoms with Crippen molar-refractivity contribution in [2.75, 3.05) is 6.16 Å². The second-order valence-electron chi connectivity index (χ2n) is 4.42. The molecule has 0 rings (SSSR count). The van der Waals surface area contributed by atoms with Crippen LogP contribution in [0.25, 0.3) is 0 Å². The predicted molar refractivity (Wildman–Crippen MR) is 65.8 cm³/mol. The van der Waals surface area contributed by atoms with Crippen molar-refractivity contribution in [1.82, 2.24) is 0 Å². The maximum absolute atomic E-state index is 9.73. The van der Waals surface area contributed by atoms with E-state index in [0.717, 1.165) is 25.7 Å². The molecular weight excluding hydrogens is 211 g/mol. The molecule has 0 aliphatic heterocycles. The fourth-order valence-electron chi connectivity index (χ4n) is 1.63. The van der Waals surface area contributed by atoms with E-state index in [9.17, 15) is 9.79 Å². The van der Waals surface area contributed by atoms with Crippen LogP contribution in [0.3, 0.4) is 0 Å². The lowest BCUT2D eigenvalue weighted by atomic mass is 10.0. The van der Waals surface area contributed by atoms with Crippen LogP contribution in [0.15, 0.2) is 0 Å². The van der Waals surface area contributed by atoms with Gasteiger partial charge in [0.1, 0.15) is 12.3 Å². The third kappa shape index (κ3) is 8.15. The zero-order valence-electron chi connectivity index (χ0n) is 10.4. The maximum Gasteiger partial charge on any atom is 0.406 e. The monoisotopic (exact) mass is 237 g/mol. The van der Waals surface area contributed by atoms with Crippen LogP contribution < -0.4 is 0 Å². The molecule has 0 fully saturated rings. The molecule has 2 N–H and O–H groups in total. The molecule has 15 heavy (non-hydrogen) atoms. The van der Waals surface area contributed by atoms with Gasteiger partial charge < -0.3 is 0 Å². The van der Waals surface area contributed by atoms with E-state index in [0.29, 0.717) is 12.1 Å². The smallest absolute Gasteiger partial charge is 0.193 e. The molecule has 0 radical (unpaired) electrons. The summed E-state index contributed by atoms with van der Waals surface area (Å²) in [7, 11) is -3.11. The molecule has 92 valence electrons. The predicted octanol–water partition coefficient (Wildman–Crippen LogP) is 3.38. The van der Waals surface area contributed by atoms with Gasteiger partial charge in [-0.25, -0.2) is 0 Å². The molecule has 3 nitrogen and oxygen atoms in total. The molecule has 0 amide bonds. The summed E-state index contributed by atoms with van der Waals surface area (Å²) >= 11 is 0. The number of hydrogen-bond donors (Lipinski definition) is 2. The Bertz CT molecular complexity index is 160. The van der Waals surface area contributed by atoms with Crippen molar-refractivity contribution in [1.29, 1.82) is 0 Å². The van der Waals surface area contributed by atoms with Crippen LogP contribution in [0.1, 0.15) is 53.4 Å². The average molecular weight is 237 g/mol. The van der Waals surface area contributed by atoms with Gasteiger partial charge in [-0.2, -0.15) is 14.3 Å². The highest BCUT2D eigenvalue weighted by molar-refractivity contribution is 7.59. The summed E-state index contributed by atoms with van der Waals surface area (Å²) in [6.45, 7) is 7.90. The Hall–Kier alpha value is 0.310. The fraction of sp³-hybridized carbons (Fsp3) is 1.00. The van der Waals surface area contributed by atoms with Crippen molar-refractivity contribution in [3.05, 3.63) is 0 Å². The second-order valence-corrected chi connectivity index (χ2v) is 6.32. The molecular formula is C11H26O3P+. The van der Waals surface area contributed by atoms with Gasteiger partial charge in [0.15, 0.2) is 0 Å². The number of hydrogen-bond acceptors (Lipinski definition) is 3. The minimum absolute atomic E-state index is 0.114. The van der Waals surface area contributed by atoms with E-state index in [1.54, 1.807) is 0 Å². The molecule has 0 aromatic rings. The Morgan fingerprint density at radius 1 is 1.20 bits per heavy atom. The third-order valence-corrected chi connectivity index (χ3v) is 4.17. The lowest BCUT2D eigenvalue weighted by Gasteiger charge is -2.19. The van der Waals surface area contributed by atoms with Gasteiger partial charge in [-0.05, 0) is 26.7 Å². The Labute approximate surface area is 94.4 Å². The van der Waals surface area contributed by atoms with E-state index < -0.39 is 7.94 Å². The summed E-state index contributed by atoms with van der Waals surface area (Å²) in [5.41, 5.74) is 0. The molecule has 0 aliphatic rings. The van der Waals surface area contributed by atoms with Gasteiger partial charge in [-0.1, -0.05) is 26.7 Å². The summed E-state index contributed by atoms with van der Waals surface area (Å²) < 4.78 is 5.17. The minimum atomic E-state index is -3.11. The normalized spacial score (nSPS) is 14.6. The van der Waals surface area contributed by atoms with Crippen LogP contribution in [0, 0.1) is 5.92 Å². The van der Waals surface area contributed by atoms with Gasteiger partial charge >= 0.3 is 7.94 Å². The zero-order chi connectivity index (χ0) is 11.9. The van der Waals surface area contributed by atoms with Crippen LogP contribution in [0.4, 0.5) is 0 Å². The van der Waals surface area contributed by atoms with Gasteiger partial charge in [0.05, 0.1) is 0 Å². The first-order chi connectivity index (χ1) is 6.91. The van der Waals surface area contributed by atoms with Crippen molar-refractivity contribution < 1.29 is 14.3 Å². The van der Waals surface area contributed by atoms with Crippen LogP contribution >= 0.6 is 7.94 Å². The average Bonchev–Trinajstić information content (AvgIpc) is 2.09. The molecule has 0 spiro atoms. The molecule has 0 saturated carbocycles. The first kappa shape index (κ1) is 15.3. The summed E-state index contributed by atoms with van der Waals surface area (Å²) in [4.78, 5) is 19.5. The molecule has 0 bridgehead atoms. The highest BCUT2D eigenvalue weighted by atomic mass is 31.2. The molecule has 0 saturated heterocycles. The Morgan fingerprint density at radius 3 is 2.20 bits per heavy atom. The number of unbranched alkanes of at least 4 members (excludes halogenated alkanes) is 1. The first-order valence-corrected chi connectivity index (χ1v) is 7.73. The molecule has 1 atom stereocenters. The van der Waals surface area contributed by atoms with Gasteiger partial charge in [-0.3, -0.25) is 0 Å². The molecule has 4 heteroatoms. The van der Waals surface area contributed by atoms with Gasteiger partial charge in [0, 0.05) is 5.92 Å². The largest absolute Gasteiger partial charge is 0.406 e. The SMILES string of the molecule is CCCCC(CC)C[P+](O)(O)OC(C)C. The summed E-state index contributed by atoms with van der Waals surface area (Å²) in [6.07, 6.45) is 4.67. The first-order valence-electron chi connectivity index (χ1n) is 5.93. The van der Waals surface area contributed by atoms with Gasteiger partial charge in [0.2, 0.25) is 0 Å². The van der Waals surface area contributed by atoms with Crippen LogP contribution in [-0.4, -0.2) is 22.1 Å². The summed E-state index contributed by atoms with van der Waals surface area (Å²) in [6, 6.07) is 0. The molecule has 1 unspecified atom stereocenters. The van der Waals surface area contributed by atoms with E-state index in [4.69, 9.17) is 4.52 Å². The molecule has 0 aromatic heterocycles. The van der Waals surface area contributed by atoms with Crippen molar-refractivity contribution in [3.8, 4) is 0 Å². The molecule has 0 aromatic carbocycles. The highest BCUT2D eigenvalue weighted by Crippen LogP contribution is 2.54. The van der Waals surface area contributed by atoms with E-state index in [1.165, 1.54) is 0 Å². The van der Waals surface area contributed by atoms with Gasteiger partial charge in [-0.15, -0.1) is 0 Å². The molecule has 0 aliphatic carbocycles. The fourth-order valence-corrected chi connectivity index (χ4v) is 3.51.